The summed E-state index contributed by atoms with van der Waals surface area (Å²) >= 11 is 4.73. The Morgan fingerprint density at radius 2 is 1.63 bits per heavy atom. The Bertz CT molecular complexity index is 279. The van der Waals surface area contributed by atoms with Crippen molar-refractivity contribution in [1.82, 2.24) is 4.90 Å². The molecule has 0 spiro atoms. The Hall–Kier alpha value is 0.310. The zero-order chi connectivity index (χ0) is 13.1. The van der Waals surface area contributed by atoms with Crippen molar-refractivity contribution in [2.75, 3.05) is 18.8 Å². The minimum atomic E-state index is 0.558. The fraction of sp³-hybridized carbons (Fsp3) is 1.00. The summed E-state index contributed by atoms with van der Waals surface area (Å²) in [5, 5.41) is 0. The van der Waals surface area contributed by atoms with Gasteiger partial charge in [0, 0.05) is 12.6 Å². The molecule has 0 amide bonds. The lowest BCUT2D eigenvalue weighted by Gasteiger charge is -2.42. The topological polar surface area (TPSA) is 3.24 Å². The molecule has 2 heteroatoms. The molecule has 1 nitrogen and oxygen atoms in total. The third-order valence-corrected chi connectivity index (χ3v) is 6.82. The molecule has 1 heterocycles. The molecule has 0 aromatic carbocycles. The van der Waals surface area contributed by atoms with Gasteiger partial charge >= 0.3 is 0 Å². The molecule has 0 aromatic heterocycles. The molecule has 1 atom stereocenters. The van der Waals surface area contributed by atoms with Crippen LogP contribution in [0, 0.1) is 11.3 Å². The molecule has 19 heavy (non-hydrogen) atoms. The first-order chi connectivity index (χ1) is 9.33. The van der Waals surface area contributed by atoms with Gasteiger partial charge in [0.05, 0.1) is 0 Å². The molecule has 0 N–H and O–H groups in total. The molecule has 1 unspecified atom stereocenters. The number of rotatable bonds is 4. The number of likely N-dealkylation sites (tertiary alicyclic amines) is 1. The summed E-state index contributed by atoms with van der Waals surface area (Å²) < 4.78 is 0. The number of thiol groups is 1. The summed E-state index contributed by atoms with van der Waals surface area (Å²) in [5.41, 5.74) is 0.558. The van der Waals surface area contributed by atoms with Crippen molar-refractivity contribution in [3.8, 4) is 0 Å². The second-order valence-corrected chi connectivity index (χ2v) is 7.76. The van der Waals surface area contributed by atoms with E-state index in [4.69, 9.17) is 12.6 Å². The van der Waals surface area contributed by atoms with E-state index in [1.165, 1.54) is 83.7 Å². The first kappa shape index (κ1) is 14.3. The maximum atomic E-state index is 4.73. The van der Waals surface area contributed by atoms with Gasteiger partial charge in [0.1, 0.15) is 0 Å². The second-order valence-electron chi connectivity index (χ2n) is 7.44. The van der Waals surface area contributed by atoms with E-state index in [0.717, 1.165) is 17.7 Å². The van der Waals surface area contributed by atoms with E-state index < -0.39 is 0 Å². The lowest BCUT2D eigenvalue weighted by atomic mass is 9.75. The zero-order valence-corrected chi connectivity index (χ0v) is 13.3. The maximum absolute atomic E-state index is 4.73. The molecule has 0 radical (unpaired) electrons. The highest BCUT2D eigenvalue weighted by Gasteiger charge is 2.39. The molecule has 3 rings (SSSR count). The quantitative estimate of drug-likeness (QED) is 0.741. The zero-order valence-electron chi connectivity index (χ0n) is 12.4. The van der Waals surface area contributed by atoms with Crippen molar-refractivity contribution in [2.45, 2.75) is 76.7 Å². The Morgan fingerprint density at radius 3 is 2.32 bits per heavy atom. The van der Waals surface area contributed by atoms with Crippen LogP contribution in [-0.4, -0.2) is 29.8 Å². The molecular weight excluding hydrogens is 250 g/mol. The summed E-state index contributed by atoms with van der Waals surface area (Å²) in [6.45, 7) is 2.73. The first-order valence-corrected chi connectivity index (χ1v) is 9.31. The lowest BCUT2D eigenvalue weighted by molar-refractivity contribution is 0.0954. The molecule has 2 saturated carbocycles. The summed E-state index contributed by atoms with van der Waals surface area (Å²) in [7, 11) is 0. The highest BCUT2D eigenvalue weighted by Crippen LogP contribution is 2.42. The highest BCUT2D eigenvalue weighted by molar-refractivity contribution is 7.80. The van der Waals surface area contributed by atoms with Gasteiger partial charge in [-0.05, 0) is 62.2 Å². The van der Waals surface area contributed by atoms with Gasteiger partial charge in [-0.3, -0.25) is 4.90 Å². The van der Waals surface area contributed by atoms with Gasteiger partial charge in [-0.15, -0.1) is 0 Å². The van der Waals surface area contributed by atoms with Crippen LogP contribution in [0.2, 0.25) is 0 Å². The molecule has 0 aromatic rings. The van der Waals surface area contributed by atoms with Gasteiger partial charge in [-0.1, -0.05) is 32.1 Å². The highest BCUT2D eigenvalue weighted by atomic mass is 32.1. The third-order valence-electron chi connectivity index (χ3n) is 6.15. The minimum Gasteiger partial charge on any atom is -0.300 e. The average Bonchev–Trinajstić information content (AvgIpc) is 3.10. The largest absolute Gasteiger partial charge is 0.300 e. The average molecular weight is 282 g/mol. The lowest BCUT2D eigenvalue weighted by Crippen LogP contribution is -2.44. The maximum Gasteiger partial charge on any atom is 0.0124 e. The van der Waals surface area contributed by atoms with Crippen molar-refractivity contribution < 1.29 is 0 Å². The van der Waals surface area contributed by atoms with Crippen LogP contribution in [0.25, 0.3) is 0 Å². The Kier molecular flexibility index (Phi) is 4.79. The molecule has 0 bridgehead atoms. The number of hydrogen-bond donors (Lipinski definition) is 1. The van der Waals surface area contributed by atoms with Crippen molar-refractivity contribution in [3.05, 3.63) is 0 Å². The molecule has 3 aliphatic rings. The van der Waals surface area contributed by atoms with Crippen LogP contribution in [0.15, 0.2) is 0 Å². The fourth-order valence-electron chi connectivity index (χ4n) is 5.02. The predicted molar refractivity (Wildman–Crippen MR) is 85.9 cm³/mol. The molecule has 1 aliphatic heterocycles. The van der Waals surface area contributed by atoms with Gasteiger partial charge < -0.3 is 0 Å². The first-order valence-electron chi connectivity index (χ1n) is 8.68. The van der Waals surface area contributed by atoms with Crippen LogP contribution in [0.4, 0.5) is 0 Å². The summed E-state index contributed by atoms with van der Waals surface area (Å²) in [5.74, 6) is 2.14. The van der Waals surface area contributed by atoms with Gasteiger partial charge in [0.25, 0.3) is 0 Å². The Balaban J connectivity index is 1.63. The van der Waals surface area contributed by atoms with Crippen molar-refractivity contribution in [1.29, 1.82) is 0 Å². The SMILES string of the molecule is SCC1(CN2CCCC2C2CCCC2)CCCCC1. The fourth-order valence-corrected chi connectivity index (χ4v) is 5.44. The Morgan fingerprint density at radius 1 is 0.895 bits per heavy atom. The molecule has 1 saturated heterocycles. The van der Waals surface area contributed by atoms with Gasteiger partial charge in [0.15, 0.2) is 0 Å². The van der Waals surface area contributed by atoms with Crippen molar-refractivity contribution in [2.24, 2.45) is 11.3 Å². The second kappa shape index (κ2) is 6.39. The van der Waals surface area contributed by atoms with E-state index in [1.807, 2.05) is 0 Å². The molecular formula is C17H31NS. The smallest absolute Gasteiger partial charge is 0.0124 e. The van der Waals surface area contributed by atoms with Gasteiger partial charge in [-0.2, -0.15) is 12.6 Å². The van der Waals surface area contributed by atoms with Crippen LogP contribution in [0.5, 0.6) is 0 Å². The van der Waals surface area contributed by atoms with Crippen LogP contribution in [0.3, 0.4) is 0 Å². The van der Waals surface area contributed by atoms with Crippen LogP contribution < -0.4 is 0 Å². The predicted octanol–water partition coefficient (Wildman–Crippen LogP) is 4.52. The van der Waals surface area contributed by atoms with E-state index in [1.54, 1.807) is 0 Å². The van der Waals surface area contributed by atoms with Crippen molar-refractivity contribution in [3.63, 3.8) is 0 Å². The van der Waals surface area contributed by atoms with E-state index in [0.29, 0.717) is 5.41 Å². The molecule has 3 fully saturated rings. The van der Waals surface area contributed by atoms with Crippen LogP contribution in [-0.2, 0) is 0 Å². The van der Waals surface area contributed by atoms with E-state index in [2.05, 4.69) is 4.90 Å². The van der Waals surface area contributed by atoms with Gasteiger partial charge in [-0.25, -0.2) is 0 Å². The number of nitrogens with zero attached hydrogens (tertiary/aromatic N) is 1. The summed E-state index contributed by atoms with van der Waals surface area (Å²) in [6, 6.07) is 0.932. The van der Waals surface area contributed by atoms with Crippen LogP contribution in [0.1, 0.15) is 70.6 Å². The Labute approximate surface area is 124 Å². The summed E-state index contributed by atoms with van der Waals surface area (Å²) in [4.78, 5) is 2.89. The monoisotopic (exact) mass is 281 g/mol. The minimum absolute atomic E-state index is 0.558. The molecule has 2 aliphatic carbocycles. The summed E-state index contributed by atoms with van der Waals surface area (Å²) in [6.07, 6.45) is 16.2. The normalized spacial score (nSPS) is 33.0. The van der Waals surface area contributed by atoms with Crippen LogP contribution >= 0.6 is 12.6 Å². The third kappa shape index (κ3) is 3.15. The van der Waals surface area contributed by atoms with Crippen molar-refractivity contribution >= 4 is 12.6 Å². The number of hydrogen-bond acceptors (Lipinski definition) is 2. The van der Waals surface area contributed by atoms with E-state index in [-0.39, 0.29) is 0 Å². The van der Waals surface area contributed by atoms with Gasteiger partial charge in [0.2, 0.25) is 0 Å². The standard InChI is InChI=1S/C17H31NS/c19-14-17(10-4-1-5-11-17)13-18-12-6-9-16(18)15-7-2-3-8-15/h15-16,19H,1-14H2. The van der Waals surface area contributed by atoms with E-state index >= 15 is 0 Å². The molecule has 110 valence electrons. The van der Waals surface area contributed by atoms with E-state index in [9.17, 15) is 0 Å².